The third kappa shape index (κ3) is 3.89. The predicted molar refractivity (Wildman–Crippen MR) is 64.2 cm³/mol. The van der Waals surface area contributed by atoms with E-state index in [1.54, 1.807) is 11.3 Å². The highest BCUT2D eigenvalue weighted by atomic mass is 32.1. The third-order valence-electron chi connectivity index (χ3n) is 2.31. The van der Waals surface area contributed by atoms with Crippen LogP contribution in [0.25, 0.3) is 0 Å². The summed E-state index contributed by atoms with van der Waals surface area (Å²) in [6.07, 6.45) is 0. The van der Waals surface area contributed by atoms with E-state index in [-0.39, 0.29) is 6.61 Å². The Labute approximate surface area is 95.8 Å². The number of hydrogen-bond donors (Lipinski definition) is 1. The molecular weight excluding hydrogens is 208 g/mol. The van der Waals surface area contributed by atoms with Gasteiger partial charge in [-0.15, -0.1) is 11.3 Å². The van der Waals surface area contributed by atoms with Crippen LogP contribution in [0.5, 0.6) is 0 Å². The molecule has 0 aliphatic rings. The van der Waals surface area contributed by atoms with Crippen LogP contribution in [0.3, 0.4) is 0 Å². The first kappa shape index (κ1) is 12.6. The van der Waals surface area contributed by atoms with Crippen LogP contribution in [0.2, 0.25) is 0 Å². The van der Waals surface area contributed by atoms with Crippen molar-refractivity contribution in [1.82, 2.24) is 9.88 Å². The summed E-state index contributed by atoms with van der Waals surface area (Å²) < 4.78 is 0. The van der Waals surface area contributed by atoms with E-state index < -0.39 is 0 Å². The topological polar surface area (TPSA) is 36.4 Å². The number of nitrogens with zero attached hydrogens (tertiary/aromatic N) is 2. The van der Waals surface area contributed by atoms with E-state index in [0.717, 1.165) is 25.3 Å². The highest BCUT2D eigenvalue weighted by Crippen LogP contribution is 2.19. The van der Waals surface area contributed by atoms with Crippen molar-refractivity contribution in [3.05, 3.63) is 16.1 Å². The fourth-order valence-corrected chi connectivity index (χ4v) is 2.21. The maximum absolute atomic E-state index is 8.88. The molecule has 0 unspecified atom stereocenters. The van der Waals surface area contributed by atoms with Gasteiger partial charge in [-0.05, 0) is 6.54 Å². The Bertz CT molecular complexity index is 286. The largest absolute Gasteiger partial charge is 0.395 e. The van der Waals surface area contributed by atoms with Crippen LogP contribution in [-0.2, 0) is 6.54 Å². The standard InChI is InChI=1S/C11H20N2OS/c1-4-13(5-6-14)7-10-8-15-11(12-10)9(2)3/h8-9,14H,4-7H2,1-3H3. The van der Waals surface area contributed by atoms with Gasteiger partial charge in [-0.3, -0.25) is 4.90 Å². The summed E-state index contributed by atoms with van der Waals surface area (Å²) in [6.45, 7) is 9.17. The van der Waals surface area contributed by atoms with E-state index in [2.05, 4.69) is 36.0 Å². The van der Waals surface area contributed by atoms with Gasteiger partial charge >= 0.3 is 0 Å². The van der Waals surface area contributed by atoms with E-state index in [4.69, 9.17) is 5.11 Å². The summed E-state index contributed by atoms with van der Waals surface area (Å²) in [4.78, 5) is 6.77. The molecule has 86 valence electrons. The molecule has 4 heteroatoms. The number of hydrogen-bond acceptors (Lipinski definition) is 4. The summed E-state index contributed by atoms with van der Waals surface area (Å²) in [5, 5.41) is 12.2. The van der Waals surface area contributed by atoms with Crippen molar-refractivity contribution in [2.24, 2.45) is 0 Å². The smallest absolute Gasteiger partial charge is 0.0954 e. The molecule has 0 spiro atoms. The van der Waals surface area contributed by atoms with Crippen LogP contribution in [0.4, 0.5) is 0 Å². The van der Waals surface area contributed by atoms with Gasteiger partial charge in [0, 0.05) is 24.4 Å². The summed E-state index contributed by atoms with van der Waals surface area (Å²) in [6, 6.07) is 0. The first-order valence-electron chi connectivity index (χ1n) is 5.44. The van der Waals surface area contributed by atoms with Crippen molar-refractivity contribution in [2.45, 2.75) is 33.2 Å². The first-order valence-corrected chi connectivity index (χ1v) is 6.32. The fourth-order valence-electron chi connectivity index (χ4n) is 1.38. The zero-order valence-electron chi connectivity index (χ0n) is 9.73. The Morgan fingerprint density at radius 1 is 1.53 bits per heavy atom. The normalized spacial score (nSPS) is 11.6. The average molecular weight is 228 g/mol. The number of aromatic nitrogens is 1. The van der Waals surface area contributed by atoms with Crippen molar-refractivity contribution >= 4 is 11.3 Å². The summed E-state index contributed by atoms with van der Waals surface area (Å²) in [7, 11) is 0. The van der Waals surface area contributed by atoms with Gasteiger partial charge in [-0.1, -0.05) is 20.8 Å². The number of aliphatic hydroxyl groups is 1. The molecule has 0 aliphatic carbocycles. The number of thiazole rings is 1. The zero-order valence-corrected chi connectivity index (χ0v) is 10.5. The van der Waals surface area contributed by atoms with Gasteiger partial charge in [-0.25, -0.2) is 4.98 Å². The molecular formula is C11H20N2OS. The minimum atomic E-state index is 0.217. The van der Waals surface area contributed by atoms with E-state index in [9.17, 15) is 0 Å². The molecule has 0 saturated heterocycles. The van der Waals surface area contributed by atoms with Crippen molar-refractivity contribution in [3.8, 4) is 0 Å². The van der Waals surface area contributed by atoms with Gasteiger partial charge in [0.05, 0.1) is 17.3 Å². The van der Waals surface area contributed by atoms with Gasteiger partial charge < -0.3 is 5.11 Å². The average Bonchev–Trinajstić information content (AvgIpc) is 2.65. The quantitative estimate of drug-likeness (QED) is 0.810. The second-order valence-corrected chi connectivity index (χ2v) is 4.81. The molecule has 0 saturated carbocycles. The van der Waals surface area contributed by atoms with Gasteiger partial charge in [0.2, 0.25) is 0 Å². The van der Waals surface area contributed by atoms with Crippen molar-refractivity contribution in [2.75, 3.05) is 19.7 Å². The predicted octanol–water partition coefficient (Wildman–Crippen LogP) is 2.08. The second-order valence-electron chi connectivity index (χ2n) is 3.92. The molecule has 0 amide bonds. The fraction of sp³-hybridized carbons (Fsp3) is 0.727. The van der Waals surface area contributed by atoms with Crippen LogP contribution in [0.15, 0.2) is 5.38 Å². The van der Waals surface area contributed by atoms with Crippen LogP contribution in [-0.4, -0.2) is 34.7 Å². The van der Waals surface area contributed by atoms with E-state index in [1.807, 2.05) is 0 Å². The molecule has 1 heterocycles. The molecule has 0 atom stereocenters. The summed E-state index contributed by atoms with van der Waals surface area (Å²) in [5.41, 5.74) is 1.12. The van der Waals surface area contributed by atoms with Gasteiger partial charge in [-0.2, -0.15) is 0 Å². The molecule has 1 rings (SSSR count). The molecule has 1 N–H and O–H groups in total. The van der Waals surface area contributed by atoms with E-state index in [0.29, 0.717) is 5.92 Å². The second kappa shape index (κ2) is 6.20. The minimum Gasteiger partial charge on any atom is -0.395 e. The highest BCUT2D eigenvalue weighted by molar-refractivity contribution is 7.09. The Kier molecular flexibility index (Phi) is 5.22. The van der Waals surface area contributed by atoms with E-state index in [1.165, 1.54) is 5.01 Å². The Hall–Kier alpha value is -0.450. The Morgan fingerprint density at radius 3 is 2.73 bits per heavy atom. The maximum atomic E-state index is 8.88. The zero-order chi connectivity index (χ0) is 11.3. The molecule has 0 radical (unpaired) electrons. The van der Waals surface area contributed by atoms with Crippen LogP contribution < -0.4 is 0 Å². The van der Waals surface area contributed by atoms with Gasteiger partial charge in [0.15, 0.2) is 0 Å². The van der Waals surface area contributed by atoms with E-state index >= 15 is 0 Å². The number of aliphatic hydroxyl groups excluding tert-OH is 1. The summed E-state index contributed by atoms with van der Waals surface area (Å²) in [5.74, 6) is 0.511. The molecule has 0 aromatic carbocycles. The lowest BCUT2D eigenvalue weighted by Gasteiger charge is -2.17. The minimum absolute atomic E-state index is 0.217. The van der Waals surface area contributed by atoms with Crippen LogP contribution in [0, 0.1) is 0 Å². The molecule has 0 fully saturated rings. The van der Waals surface area contributed by atoms with Crippen LogP contribution in [0.1, 0.15) is 37.4 Å². The summed E-state index contributed by atoms with van der Waals surface area (Å²) >= 11 is 1.73. The molecule has 0 bridgehead atoms. The van der Waals surface area contributed by atoms with Gasteiger partial charge in [0.1, 0.15) is 0 Å². The van der Waals surface area contributed by atoms with Crippen molar-refractivity contribution in [3.63, 3.8) is 0 Å². The van der Waals surface area contributed by atoms with Crippen molar-refractivity contribution in [1.29, 1.82) is 0 Å². The number of rotatable bonds is 6. The SMILES string of the molecule is CCN(CCO)Cc1csc(C(C)C)n1. The monoisotopic (exact) mass is 228 g/mol. The van der Waals surface area contributed by atoms with Crippen molar-refractivity contribution < 1.29 is 5.11 Å². The first-order chi connectivity index (χ1) is 7.17. The molecule has 3 nitrogen and oxygen atoms in total. The molecule has 1 aromatic rings. The number of likely N-dealkylation sites (N-methyl/N-ethyl adjacent to an activating group) is 1. The Morgan fingerprint density at radius 2 is 2.27 bits per heavy atom. The third-order valence-corrected chi connectivity index (χ3v) is 3.51. The lowest BCUT2D eigenvalue weighted by molar-refractivity contribution is 0.195. The highest BCUT2D eigenvalue weighted by Gasteiger charge is 2.08. The molecule has 0 aliphatic heterocycles. The van der Waals surface area contributed by atoms with Gasteiger partial charge in [0.25, 0.3) is 0 Å². The van der Waals surface area contributed by atoms with Crippen LogP contribution >= 0.6 is 11.3 Å². The molecule has 1 aromatic heterocycles. The lowest BCUT2D eigenvalue weighted by atomic mass is 10.2. The maximum Gasteiger partial charge on any atom is 0.0954 e. The Balaban J connectivity index is 2.55. The lowest BCUT2D eigenvalue weighted by Crippen LogP contribution is -2.26. The molecule has 15 heavy (non-hydrogen) atoms.